The van der Waals surface area contributed by atoms with Gasteiger partial charge in [0, 0.05) is 24.9 Å². The Morgan fingerprint density at radius 2 is 1.52 bits per heavy atom. The highest BCUT2D eigenvalue weighted by atomic mass is 16.5. The van der Waals surface area contributed by atoms with E-state index in [0.717, 1.165) is 29.5 Å². The van der Waals surface area contributed by atoms with Crippen molar-refractivity contribution in [2.75, 3.05) is 7.11 Å². The Morgan fingerprint density at radius 3 is 2.10 bits per heavy atom. The van der Waals surface area contributed by atoms with Gasteiger partial charge in [0.25, 0.3) is 0 Å². The number of rotatable bonds is 6. The zero-order chi connectivity index (χ0) is 21.1. The number of hydrogen-bond donors (Lipinski definition) is 0. The number of nitrogens with zero attached hydrogens (tertiary/aromatic N) is 2. The lowest BCUT2D eigenvalue weighted by Crippen LogP contribution is -2.28. The van der Waals surface area contributed by atoms with Crippen LogP contribution in [0.1, 0.15) is 81.5 Å². The van der Waals surface area contributed by atoms with Gasteiger partial charge in [0.05, 0.1) is 6.61 Å². The van der Waals surface area contributed by atoms with Crippen molar-refractivity contribution in [3.8, 4) is 5.88 Å². The molecule has 0 saturated heterocycles. The minimum Gasteiger partial charge on any atom is -0.472 e. The van der Waals surface area contributed by atoms with Crippen LogP contribution in [0.4, 0.5) is 0 Å². The van der Waals surface area contributed by atoms with Crippen LogP contribution in [0.5, 0.6) is 5.88 Å². The molecule has 2 aromatic rings. The van der Waals surface area contributed by atoms with E-state index >= 15 is 0 Å². The molecule has 5 nitrogen and oxygen atoms in total. The van der Waals surface area contributed by atoms with E-state index in [1.807, 2.05) is 55.8 Å². The van der Waals surface area contributed by atoms with Gasteiger partial charge in [0.2, 0.25) is 5.88 Å². The van der Waals surface area contributed by atoms with E-state index < -0.39 is 0 Å². The highest BCUT2D eigenvalue weighted by Gasteiger charge is 2.17. The number of methoxy groups -OCH3 is 1. The smallest absolute Gasteiger partial charge is 0.351 e. The van der Waals surface area contributed by atoms with E-state index in [4.69, 9.17) is 9.47 Å². The summed E-state index contributed by atoms with van der Waals surface area (Å²) in [6.07, 6.45) is 10.3. The van der Waals surface area contributed by atoms with Gasteiger partial charge >= 0.3 is 5.69 Å². The van der Waals surface area contributed by atoms with E-state index in [0.29, 0.717) is 19.1 Å². The lowest BCUT2D eigenvalue weighted by molar-refractivity contribution is 0.185. The molecule has 0 bridgehead atoms. The van der Waals surface area contributed by atoms with Gasteiger partial charge in [-0.2, -0.15) is 4.98 Å². The summed E-state index contributed by atoms with van der Waals surface area (Å²) >= 11 is 0. The molecule has 0 aliphatic heterocycles. The Morgan fingerprint density at radius 1 is 0.966 bits per heavy atom. The lowest BCUT2D eigenvalue weighted by Gasteiger charge is -2.22. The number of benzene rings is 1. The van der Waals surface area contributed by atoms with Crippen molar-refractivity contribution < 1.29 is 9.47 Å². The average molecular weight is 401 g/mol. The summed E-state index contributed by atoms with van der Waals surface area (Å²) in [6.45, 7) is 6.96. The molecule has 1 saturated carbocycles. The standard InChI is InChI=1S/C22H30N2O3.C2H6/c1-17-14-24(20-8-6-4-3-5-7-9-20)22(25)23-21(17)27-16-19-12-10-18(11-13-19)15-26-2;1-2/h10-14,20H,3-9,15-16H2,1-2H3;1-2H3. The molecule has 1 aliphatic rings. The fourth-order valence-electron chi connectivity index (χ4n) is 3.72. The molecule has 5 heteroatoms. The first-order valence-electron chi connectivity index (χ1n) is 11.0. The quantitative estimate of drug-likeness (QED) is 0.634. The first-order chi connectivity index (χ1) is 14.2. The number of aromatic nitrogens is 2. The molecule has 1 aromatic carbocycles. The second kappa shape index (κ2) is 12.4. The largest absolute Gasteiger partial charge is 0.472 e. The molecule has 0 radical (unpaired) electrons. The van der Waals surface area contributed by atoms with E-state index in [2.05, 4.69) is 4.98 Å². The molecule has 1 aromatic heterocycles. The Kier molecular flexibility index (Phi) is 9.92. The molecule has 160 valence electrons. The summed E-state index contributed by atoms with van der Waals surface area (Å²) in [5.74, 6) is 0.433. The molecule has 0 N–H and O–H groups in total. The third kappa shape index (κ3) is 7.00. The third-order valence-corrected chi connectivity index (χ3v) is 5.27. The maximum absolute atomic E-state index is 12.6. The molecule has 0 unspecified atom stereocenters. The van der Waals surface area contributed by atoms with Gasteiger partial charge in [0.1, 0.15) is 6.61 Å². The van der Waals surface area contributed by atoms with Crippen molar-refractivity contribution >= 4 is 0 Å². The van der Waals surface area contributed by atoms with Gasteiger partial charge in [-0.1, -0.05) is 70.2 Å². The minimum atomic E-state index is -0.198. The Hall–Kier alpha value is -2.14. The van der Waals surface area contributed by atoms with Gasteiger partial charge in [-0.15, -0.1) is 0 Å². The molecule has 0 amide bonds. The first kappa shape index (κ1) is 23.1. The summed E-state index contributed by atoms with van der Waals surface area (Å²) < 4.78 is 12.8. The normalized spacial score (nSPS) is 15.0. The predicted molar refractivity (Wildman–Crippen MR) is 117 cm³/mol. The molecule has 0 spiro atoms. The van der Waals surface area contributed by atoms with Crippen molar-refractivity contribution in [2.24, 2.45) is 0 Å². The molecular formula is C24H36N2O3. The monoisotopic (exact) mass is 400 g/mol. The summed E-state index contributed by atoms with van der Waals surface area (Å²) in [6, 6.07) is 8.34. The van der Waals surface area contributed by atoms with Crippen molar-refractivity contribution in [3.63, 3.8) is 0 Å². The molecule has 1 heterocycles. The van der Waals surface area contributed by atoms with E-state index in [-0.39, 0.29) is 11.7 Å². The Bertz CT molecular complexity index is 776. The fraction of sp³-hybridized carbons (Fsp3) is 0.583. The van der Waals surface area contributed by atoms with E-state index in [1.165, 1.54) is 32.1 Å². The van der Waals surface area contributed by atoms with Gasteiger partial charge < -0.3 is 9.47 Å². The van der Waals surface area contributed by atoms with E-state index in [1.54, 1.807) is 7.11 Å². The number of ether oxygens (including phenoxy) is 2. The van der Waals surface area contributed by atoms with Crippen molar-refractivity contribution in [1.29, 1.82) is 0 Å². The topological polar surface area (TPSA) is 53.4 Å². The molecule has 3 rings (SSSR count). The van der Waals surface area contributed by atoms with Gasteiger partial charge in [-0.25, -0.2) is 4.79 Å². The molecule has 0 atom stereocenters. The van der Waals surface area contributed by atoms with E-state index in [9.17, 15) is 4.79 Å². The number of aryl methyl sites for hydroxylation is 1. The van der Waals surface area contributed by atoms with Crippen LogP contribution in [0.2, 0.25) is 0 Å². The summed E-state index contributed by atoms with van der Waals surface area (Å²) in [5.41, 5.74) is 2.88. The average Bonchev–Trinajstić information content (AvgIpc) is 2.71. The predicted octanol–water partition coefficient (Wildman–Crippen LogP) is 5.59. The SMILES string of the molecule is CC.COCc1ccc(COc2nc(=O)n(C3CCCCCCC3)cc2C)cc1. The highest BCUT2D eigenvalue weighted by Crippen LogP contribution is 2.26. The van der Waals surface area contributed by atoms with Gasteiger partial charge in [0.15, 0.2) is 0 Å². The van der Waals surface area contributed by atoms with Crippen molar-refractivity contribution in [3.05, 3.63) is 57.6 Å². The maximum Gasteiger partial charge on any atom is 0.351 e. The van der Waals surface area contributed by atoms with Crippen LogP contribution in [0, 0.1) is 6.92 Å². The second-order valence-electron chi connectivity index (χ2n) is 7.46. The third-order valence-electron chi connectivity index (χ3n) is 5.27. The number of hydrogen-bond acceptors (Lipinski definition) is 4. The molecular weight excluding hydrogens is 364 g/mol. The van der Waals surface area contributed by atoms with Crippen LogP contribution in [0.25, 0.3) is 0 Å². The minimum absolute atomic E-state index is 0.198. The van der Waals surface area contributed by atoms with Crippen LogP contribution in [0.15, 0.2) is 35.3 Å². The van der Waals surface area contributed by atoms with Crippen molar-refractivity contribution in [2.45, 2.75) is 85.0 Å². The van der Waals surface area contributed by atoms with Crippen LogP contribution < -0.4 is 10.4 Å². The summed E-state index contributed by atoms with van der Waals surface area (Å²) in [5, 5.41) is 0. The maximum atomic E-state index is 12.6. The zero-order valence-electron chi connectivity index (χ0n) is 18.4. The lowest BCUT2D eigenvalue weighted by atomic mass is 9.96. The van der Waals surface area contributed by atoms with Crippen LogP contribution >= 0.6 is 0 Å². The van der Waals surface area contributed by atoms with Crippen LogP contribution in [0.3, 0.4) is 0 Å². The second-order valence-corrected chi connectivity index (χ2v) is 7.46. The van der Waals surface area contributed by atoms with Crippen molar-refractivity contribution in [1.82, 2.24) is 9.55 Å². The van der Waals surface area contributed by atoms with Gasteiger partial charge in [-0.05, 0) is 30.9 Å². The molecule has 1 fully saturated rings. The summed E-state index contributed by atoms with van der Waals surface area (Å²) in [4.78, 5) is 16.8. The molecule has 1 aliphatic carbocycles. The van der Waals surface area contributed by atoms with Crippen LogP contribution in [-0.2, 0) is 18.0 Å². The Labute approximate surface area is 175 Å². The Balaban J connectivity index is 0.00000145. The van der Waals surface area contributed by atoms with Gasteiger partial charge in [-0.3, -0.25) is 4.57 Å². The fourth-order valence-corrected chi connectivity index (χ4v) is 3.72. The first-order valence-corrected chi connectivity index (χ1v) is 11.0. The zero-order valence-corrected chi connectivity index (χ0v) is 18.4. The summed E-state index contributed by atoms with van der Waals surface area (Å²) in [7, 11) is 1.68. The highest BCUT2D eigenvalue weighted by molar-refractivity contribution is 5.24. The van der Waals surface area contributed by atoms with Crippen LogP contribution in [-0.4, -0.2) is 16.7 Å². The molecule has 29 heavy (non-hydrogen) atoms.